The zero-order chi connectivity index (χ0) is 10.9. The number of halogens is 3. The molecule has 0 aliphatic carbocycles. The SMILES string of the molecule is Cc1cc(N)ccc1[C@@H](N)C(F)(F)F. The second-order valence-corrected chi connectivity index (χ2v) is 3.14. The zero-order valence-electron chi connectivity index (χ0n) is 7.60. The van der Waals surface area contributed by atoms with Gasteiger partial charge in [-0.25, -0.2) is 0 Å². The van der Waals surface area contributed by atoms with E-state index in [9.17, 15) is 13.2 Å². The van der Waals surface area contributed by atoms with Crippen LogP contribution in [-0.2, 0) is 0 Å². The Bertz CT molecular complexity index is 333. The smallest absolute Gasteiger partial charge is 0.399 e. The van der Waals surface area contributed by atoms with Crippen LogP contribution >= 0.6 is 0 Å². The van der Waals surface area contributed by atoms with Gasteiger partial charge in [-0.3, -0.25) is 0 Å². The Morgan fingerprint density at radius 3 is 2.29 bits per heavy atom. The van der Waals surface area contributed by atoms with E-state index in [1.54, 1.807) is 6.92 Å². The summed E-state index contributed by atoms with van der Waals surface area (Å²) in [7, 11) is 0. The summed E-state index contributed by atoms with van der Waals surface area (Å²) in [5, 5.41) is 0. The molecule has 0 unspecified atom stereocenters. The number of benzene rings is 1. The van der Waals surface area contributed by atoms with Gasteiger partial charge in [0, 0.05) is 5.69 Å². The molecule has 0 spiro atoms. The highest BCUT2D eigenvalue weighted by atomic mass is 19.4. The van der Waals surface area contributed by atoms with Crippen LogP contribution in [0.4, 0.5) is 18.9 Å². The highest BCUT2D eigenvalue weighted by Crippen LogP contribution is 2.32. The molecule has 0 aliphatic heterocycles. The lowest BCUT2D eigenvalue weighted by Gasteiger charge is -2.18. The highest BCUT2D eigenvalue weighted by molar-refractivity contribution is 5.45. The molecule has 14 heavy (non-hydrogen) atoms. The lowest BCUT2D eigenvalue weighted by Crippen LogP contribution is -2.29. The van der Waals surface area contributed by atoms with Crippen molar-refractivity contribution in [1.82, 2.24) is 0 Å². The van der Waals surface area contributed by atoms with Crippen LogP contribution in [0.2, 0.25) is 0 Å². The van der Waals surface area contributed by atoms with E-state index in [2.05, 4.69) is 0 Å². The molecule has 78 valence electrons. The summed E-state index contributed by atoms with van der Waals surface area (Å²) in [5.74, 6) is 0. The number of hydrogen-bond acceptors (Lipinski definition) is 2. The molecule has 0 saturated heterocycles. The number of anilines is 1. The van der Waals surface area contributed by atoms with Gasteiger partial charge in [-0.15, -0.1) is 0 Å². The monoisotopic (exact) mass is 204 g/mol. The van der Waals surface area contributed by atoms with E-state index in [1.807, 2.05) is 0 Å². The maximum absolute atomic E-state index is 12.3. The molecule has 4 N–H and O–H groups in total. The minimum atomic E-state index is -4.42. The number of hydrogen-bond donors (Lipinski definition) is 2. The fourth-order valence-corrected chi connectivity index (χ4v) is 1.22. The quantitative estimate of drug-likeness (QED) is 0.688. The summed E-state index contributed by atoms with van der Waals surface area (Å²) in [6.45, 7) is 1.55. The van der Waals surface area contributed by atoms with Gasteiger partial charge in [-0.1, -0.05) is 6.07 Å². The molecule has 0 amide bonds. The third-order valence-electron chi connectivity index (χ3n) is 1.98. The molecular formula is C9H11F3N2. The molecule has 0 saturated carbocycles. The summed E-state index contributed by atoms with van der Waals surface area (Å²) in [6, 6.07) is 2.25. The van der Waals surface area contributed by atoms with E-state index in [0.29, 0.717) is 11.3 Å². The first kappa shape index (κ1) is 10.8. The second kappa shape index (κ2) is 3.49. The van der Waals surface area contributed by atoms with Crippen LogP contribution in [0.1, 0.15) is 17.2 Å². The molecule has 0 radical (unpaired) electrons. The van der Waals surface area contributed by atoms with Gasteiger partial charge in [0.25, 0.3) is 0 Å². The Balaban J connectivity index is 3.08. The predicted molar refractivity (Wildman–Crippen MR) is 48.6 cm³/mol. The maximum atomic E-state index is 12.3. The van der Waals surface area contributed by atoms with E-state index in [1.165, 1.54) is 18.2 Å². The van der Waals surface area contributed by atoms with Crippen molar-refractivity contribution >= 4 is 5.69 Å². The molecule has 1 aromatic rings. The Kier molecular flexibility index (Phi) is 2.71. The molecule has 0 aromatic heterocycles. The van der Waals surface area contributed by atoms with Crippen LogP contribution in [0.15, 0.2) is 18.2 Å². The maximum Gasteiger partial charge on any atom is 0.407 e. The van der Waals surface area contributed by atoms with Crippen molar-refractivity contribution < 1.29 is 13.2 Å². The second-order valence-electron chi connectivity index (χ2n) is 3.14. The first-order valence-corrected chi connectivity index (χ1v) is 4.00. The van der Waals surface area contributed by atoms with Crippen molar-refractivity contribution in [1.29, 1.82) is 0 Å². The van der Waals surface area contributed by atoms with E-state index < -0.39 is 12.2 Å². The molecule has 1 aromatic carbocycles. The zero-order valence-corrected chi connectivity index (χ0v) is 7.60. The van der Waals surface area contributed by atoms with Crippen molar-refractivity contribution in [2.24, 2.45) is 5.73 Å². The molecule has 0 bridgehead atoms. The highest BCUT2D eigenvalue weighted by Gasteiger charge is 2.38. The van der Waals surface area contributed by atoms with Crippen LogP contribution < -0.4 is 11.5 Å². The van der Waals surface area contributed by atoms with Crippen molar-refractivity contribution in [2.45, 2.75) is 19.1 Å². The van der Waals surface area contributed by atoms with E-state index in [4.69, 9.17) is 11.5 Å². The van der Waals surface area contributed by atoms with Gasteiger partial charge in [0.05, 0.1) is 0 Å². The average molecular weight is 204 g/mol. The standard InChI is InChI=1S/C9H11F3N2/c1-5-4-6(13)2-3-7(5)8(14)9(10,11)12/h2-4,8H,13-14H2,1H3/t8-/m1/s1. The topological polar surface area (TPSA) is 52.0 Å². The van der Waals surface area contributed by atoms with E-state index >= 15 is 0 Å². The first-order valence-electron chi connectivity index (χ1n) is 4.00. The minimum absolute atomic E-state index is 0.0618. The van der Waals surface area contributed by atoms with Crippen LogP contribution in [0.3, 0.4) is 0 Å². The van der Waals surface area contributed by atoms with E-state index in [-0.39, 0.29) is 5.56 Å². The molecule has 0 fully saturated rings. The van der Waals surface area contributed by atoms with Crippen molar-refractivity contribution in [2.75, 3.05) is 5.73 Å². The lowest BCUT2D eigenvalue weighted by molar-refractivity contribution is -0.149. The van der Waals surface area contributed by atoms with Gasteiger partial charge < -0.3 is 11.5 Å². The molecular weight excluding hydrogens is 193 g/mol. The van der Waals surface area contributed by atoms with Gasteiger partial charge in [-0.05, 0) is 30.2 Å². The fraction of sp³-hybridized carbons (Fsp3) is 0.333. The Labute approximate surface area is 79.7 Å². The first-order chi connectivity index (χ1) is 6.32. The van der Waals surface area contributed by atoms with Gasteiger partial charge in [-0.2, -0.15) is 13.2 Å². The number of alkyl halides is 3. The van der Waals surface area contributed by atoms with Crippen LogP contribution in [-0.4, -0.2) is 6.18 Å². The summed E-state index contributed by atoms with van der Waals surface area (Å²) in [6.07, 6.45) is -4.42. The summed E-state index contributed by atoms with van der Waals surface area (Å²) < 4.78 is 36.8. The predicted octanol–water partition coefficient (Wildman–Crippen LogP) is 2.14. The number of nitrogens with two attached hydrogens (primary N) is 2. The molecule has 2 nitrogen and oxygen atoms in total. The normalized spacial score (nSPS) is 14.1. The Morgan fingerprint density at radius 2 is 1.86 bits per heavy atom. The summed E-state index contributed by atoms with van der Waals surface area (Å²) in [4.78, 5) is 0. The number of nitrogen functional groups attached to an aromatic ring is 1. The molecule has 1 atom stereocenters. The lowest BCUT2D eigenvalue weighted by atomic mass is 10.0. The average Bonchev–Trinajstić information content (AvgIpc) is 2.01. The minimum Gasteiger partial charge on any atom is -0.399 e. The van der Waals surface area contributed by atoms with E-state index in [0.717, 1.165) is 0 Å². The Hall–Kier alpha value is -1.23. The number of rotatable bonds is 1. The molecule has 0 heterocycles. The van der Waals surface area contributed by atoms with Crippen molar-refractivity contribution in [3.05, 3.63) is 29.3 Å². The van der Waals surface area contributed by atoms with Gasteiger partial charge in [0.2, 0.25) is 0 Å². The van der Waals surface area contributed by atoms with Crippen molar-refractivity contribution in [3.8, 4) is 0 Å². The van der Waals surface area contributed by atoms with Crippen LogP contribution in [0.25, 0.3) is 0 Å². The van der Waals surface area contributed by atoms with Crippen molar-refractivity contribution in [3.63, 3.8) is 0 Å². The third kappa shape index (κ3) is 2.17. The third-order valence-corrected chi connectivity index (χ3v) is 1.98. The Morgan fingerprint density at radius 1 is 1.29 bits per heavy atom. The molecule has 5 heteroatoms. The molecule has 1 rings (SSSR count). The summed E-state index contributed by atoms with van der Waals surface area (Å²) >= 11 is 0. The largest absolute Gasteiger partial charge is 0.407 e. The van der Waals surface area contributed by atoms with Gasteiger partial charge in [0.1, 0.15) is 6.04 Å². The van der Waals surface area contributed by atoms with Gasteiger partial charge in [0.15, 0.2) is 0 Å². The number of aryl methyl sites for hydroxylation is 1. The fourth-order valence-electron chi connectivity index (χ4n) is 1.22. The van der Waals surface area contributed by atoms with Crippen LogP contribution in [0.5, 0.6) is 0 Å². The van der Waals surface area contributed by atoms with Gasteiger partial charge >= 0.3 is 6.18 Å². The summed E-state index contributed by atoms with van der Waals surface area (Å²) in [5.41, 5.74) is 11.4. The molecule has 0 aliphatic rings. The van der Waals surface area contributed by atoms with Crippen LogP contribution in [0, 0.1) is 6.92 Å².